The van der Waals surface area contributed by atoms with Crippen molar-refractivity contribution in [3.05, 3.63) is 60.0 Å². The molecule has 3 aromatic rings. The molecule has 0 saturated carbocycles. The minimum atomic E-state index is -3.76. The Morgan fingerprint density at radius 1 is 1.29 bits per heavy atom. The van der Waals surface area contributed by atoms with Gasteiger partial charge in [0, 0.05) is 23.9 Å². The molecular formula is C15H13ClFN3O3S. The number of rotatable bonds is 6. The number of sulfonamides is 1. The van der Waals surface area contributed by atoms with Gasteiger partial charge in [-0.2, -0.15) is 5.10 Å². The van der Waals surface area contributed by atoms with Crippen molar-refractivity contribution in [3.63, 3.8) is 0 Å². The number of aromatic nitrogens is 2. The molecule has 0 saturated heterocycles. The maximum absolute atomic E-state index is 13.1. The number of nitrogens with zero attached hydrogens (tertiary/aromatic N) is 2. The summed E-state index contributed by atoms with van der Waals surface area (Å²) in [6.45, 7) is 0.468. The molecule has 6 nitrogen and oxygen atoms in total. The summed E-state index contributed by atoms with van der Waals surface area (Å²) in [5.74, 6) is -0.668. The van der Waals surface area contributed by atoms with Crippen LogP contribution in [0.5, 0.6) is 0 Å². The van der Waals surface area contributed by atoms with Gasteiger partial charge in [-0.05, 0) is 24.3 Å². The summed E-state index contributed by atoms with van der Waals surface area (Å²) in [6.07, 6.45) is 6.62. The van der Waals surface area contributed by atoms with Crippen molar-refractivity contribution < 1.29 is 17.2 Å². The molecule has 126 valence electrons. The second-order valence-corrected chi connectivity index (χ2v) is 7.15. The standard InChI is InChI=1S/C15H13ClFN3O3S/c16-14-7-13(1-2-15(14)17)24(21,22)19-4-5-20-9-12(8-18-20)11-3-6-23-10-11/h1-3,6-10,19H,4-5H2. The van der Waals surface area contributed by atoms with Crippen LogP contribution in [-0.4, -0.2) is 24.7 Å². The van der Waals surface area contributed by atoms with Crippen molar-refractivity contribution in [2.24, 2.45) is 0 Å². The van der Waals surface area contributed by atoms with E-state index in [1.165, 1.54) is 0 Å². The molecule has 3 rings (SSSR count). The first-order valence-corrected chi connectivity index (χ1v) is 8.81. The highest BCUT2D eigenvalue weighted by Gasteiger charge is 2.15. The van der Waals surface area contributed by atoms with Gasteiger partial charge in [-0.25, -0.2) is 17.5 Å². The smallest absolute Gasteiger partial charge is 0.240 e. The molecule has 0 fully saturated rings. The number of halogens is 2. The van der Waals surface area contributed by atoms with E-state index in [9.17, 15) is 12.8 Å². The van der Waals surface area contributed by atoms with E-state index in [0.29, 0.717) is 6.54 Å². The molecule has 0 aliphatic heterocycles. The van der Waals surface area contributed by atoms with Crippen molar-refractivity contribution in [1.29, 1.82) is 0 Å². The summed E-state index contributed by atoms with van der Waals surface area (Å²) in [5.41, 5.74) is 1.76. The number of nitrogens with one attached hydrogen (secondary N) is 1. The Bertz CT molecular complexity index is 939. The lowest BCUT2D eigenvalue weighted by molar-refractivity contribution is 0.560. The van der Waals surface area contributed by atoms with Crippen LogP contribution < -0.4 is 4.72 Å². The largest absolute Gasteiger partial charge is 0.472 e. The van der Waals surface area contributed by atoms with Crippen LogP contribution in [0.4, 0.5) is 4.39 Å². The van der Waals surface area contributed by atoms with Gasteiger partial charge in [0.05, 0.1) is 35.2 Å². The molecule has 1 aromatic carbocycles. The van der Waals surface area contributed by atoms with E-state index in [0.717, 1.165) is 29.3 Å². The quantitative estimate of drug-likeness (QED) is 0.724. The van der Waals surface area contributed by atoms with Gasteiger partial charge in [0.15, 0.2) is 0 Å². The zero-order valence-corrected chi connectivity index (χ0v) is 13.9. The summed E-state index contributed by atoms with van der Waals surface area (Å²) in [5, 5.41) is 3.92. The predicted octanol–water partition coefficient (Wildman–Crippen LogP) is 2.91. The maximum atomic E-state index is 13.1. The van der Waals surface area contributed by atoms with E-state index in [1.807, 2.05) is 6.07 Å². The summed E-state index contributed by atoms with van der Waals surface area (Å²) in [6, 6.07) is 5.06. The molecule has 0 radical (unpaired) electrons. The van der Waals surface area contributed by atoms with Crippen LogP contribution in [0.25, 0.3) is 11.1 Å². The van der Waals surface area contributed by atoms with E-state index >= 15 is 0 Å². The van der Waals surface area contributed by atoms with Gasteiger partial charge in [0.1, 0.15) is 5.82 Å². The fourth-order valence-corrected chi connectivity index (χ4v) is 3.38. The lowest BCUT2D eigenvalue weighted by atomic mass is 10.2. The van der Waals surface area contributed by atoms with Gasteiger partial charge in [-0.1, -0.05) is 11.6 Å². The molecule has 0 aliphatic carbocycles. The fourth-order valence-electron chi connectivity index (χ4n) is 2.09. The molecule has 2 heterocycles. The Morgan fingerprint density at radius 3 is 2.83 bits per heavy atom. The average Bonchev–Trinajstić information content (AvgIpc) is 3.20. The minimum Gasteiger partial charge on any atom is -0.472 e. The van der Waals surface area contributed by atoms with Gasteiger partial charge < -0.3 is 4.42 Å². The number of benzene rings is 1. The Kier molecular flexibility index (Phi) is 4.70. The zero-order chi connectivity index (χ0) is 17.2. The Morgan fingerprint density at radius 2 is 2.12 bits per heavy atom. The Balaban J connectivity index is 1.62. The predicted molar refractivity (Wildman–Crippen MR) is 86.5 cm³/mol. The van der Waals surface area contributed by atoms with Gasteiger partial charge in [0.2, 0.25) is 10.0 Å². The van der Waals surface area contributed by atoms with Crippen LogP contribution in [0.15, 0.2) is 58.5 Å². The van der Waals surface area contributed by atoms with Crippen LogP contribution in [0.3, 0.4) is 0 Å². The third-order valence-corrected chi connectivity index (χ3v) is 5.07. The van der Waals surface area contributed by atoms with Gasteiger partial charge >= 0.3 is 0 Å². The zero-order valence-electron chi connectivity index (χ0n) is 12.3. The first-order valence-electron chi connectivity index (χ1n) is 6.95. The fraction of sp³-hybridized carbons (Fsp3) is 0.133. The van der Waals surface area contributed by atoms with Crippen molar-refractivity contribution in [2.45, 2.75) is 11.4 Å². The molecule has 0 aliphatic rings. The molecule has 0 bridgehead atoms. The van der Waals surface area contributed by atoms with Crippen LogP contribution >= 0.6 is 11.6 Å². The van der Waals surface area contributed by atoms with Gasteiger partial charge in [-0.3, -0.25) is 4.68 Å². The molecule has 9 heteroatoms. The summed E-state index contributed by atoms with van der Waals surface area (Å²) in [4.78, 5) is -0.0894. The molecule has 24 heavy (non-hydrogen) atoms. The van der Waals surface area contributed by atoms with E-state index in [4.69, 9.17) is 16.0 Å². The maximum Gasteiger partial charge on any atom is 0.240 e. The molecule has 0 atom stereocenters. The molecule has 0 spiro atoms. The molecule has 0 amide bonds. The monoisotopic (exact) mass is 369 g/mol. The van der Waals surface area contributed by atoms with Crippen molar-refractivity contribution in [2.75, 3.05) is 6.54 Å². The van der Waals surface area contributed by atoms with E-state index in [2.05, 4.69) is 9.82 Å². The Labute approximate surface area is 142 Å². The SMILES string of the molecule is O=S(=O)(NCCn1cc(-c2ccoc2)cn1)c1ccc(F)c(Cl)c1. The average molecular weight is 370 g/mol. The summed E-state index contributed by atoms with van der Waals surface area (Å²) in [7, 11) is -3.76. The van der Waals surface area contributed by atoms with E-state index < -0.39 is 15.8 Å². The molecule has 2 aromatic heterocycles. The third-order valence-electron chi connectivity index (χ3n) is 3.32. The normalized spacial score (nSPS) is 11.8. The molecule has 1 N–H and O–H groups in total. The molecule has 0 unspecified atom stereocenters. The second-order valence-electron chi connectivity index (χ2n) is 4.98. The van der Waals surface area contributed by atoms with Crippen molar-refractivity contribution in [1.82, 2.24) is 14.5 Å². The van der Waals surface area contributed by atoms with Gasteiger partial charge in [0.25, 0.3) is 0 Å². The molecular weight excluding hydrogens is 357 g/mol. The van der Waals surface area contributed by atoms with Crippen LogP contribution in [0, 0.1) is 5.82 Å². The lowest BCUT2D eigenvalue weighted by Gasteiger charge is -2.07. The lowest BCUT2D eigenvalue weighted by Crippen LogP contribution is -2.27. The first kappa shape index (κ1) is 16.7. The number of furan rings is 1. The van der Waals surface area contributed by atoms with Crippen LogP contribution in [-0.2, 0) is 16.6 Å². The summed E-state index contributed by atoms with van der Waals surface area (Å²) < 4.78 is 46.4. The Hall–Kier alpha value is -2.16. The van der Waals surface area contributed by atoms with Crippen LogP contribution in [0.2, 0.25) is 5.02 Å². The topological polar surface area (TPSA) is 77.1 Å². The highest BCUT2D eigenvalue weighted by molar-refractivity contribution is 7.89. The van der Waals surface area contributed by atoms with E-state index in [-0.39, 0.29) is 16.5 Å². The van der Waals surface area contributed by atoms with Gasteiger partial charge in [-0.15, -0.1) is 0 Å². The van der Waals surface area contributed by atoms with Crippen molar-refractivity contribution in [3.8, 4) is 11.1 Å². The number of hydrogen-bond acceptors (Lipinski definition) is 4. The van der Waals surface area contributed by atoms with Crippen LogP contribution in [0.1, 0.15) is 0 Å². The number of hydrogen-bond donors (Lipinski definition) is 1. The van der Waals surface area contributed by atoms with E-state index in [1.54, 1.807) is 29.6 Å². The minimum absolute atomic E-state index is 0.0894. The highest BCUT2D eigenvalue weighted by Crippen LogP contribution is 2.20. The second kappa shape index (κ2) is 6.76. The third kappa shape index (κ3) is 3.66. The highest BCUT2D eigenvalue weighted by atomic mass is 35.5. The van der Waals surface area contributed by atoms with Crippen molar-refractivity contribution >= 4 is 21.6 Å². The first-order chi connectivity index (χ1) is 11.5. The summed E-state index contributed by atoms with van der Waals surface area (Å²) >= 11 is 5.61.